The van der Waals surface area contributed by atoms with Crippen LogP contribution in [0.25, 0.3) is 0 Å². The predicted molar refractivity (Wildman–Crippen MR) is 92.7 cm³/mol. The summed E-state index contributed by atoms with van der Waals surface area (Å²) in [6, 6.07) is 18.8. The summed E-state index contributed by atoms with van der Waals surface area (Å²) in [5.41, 5.74) is 7.14. The molecule has 25 heavy (non-hydrogen) atoms. The van der Waals surface area contributed by atoms with Crippen LogP contribution >= 0.6 is 0 Å². The highest BCUT2D eigenvalue weighted by Crippen LogP contribution is 2.22. The molecule has 2 N–H and O–H groups in total. The summed E-state index contributed by atoms with van der Waals surface area (Å²) < 4.78 is 18.9. The van der Waals surface area contributed by atoms with Crippen molar-refractivity contribution in [3.63, 3.8) is 0 Å². The third-order valence-electron chi connectivity index (χ3n) is 3.29. The molecule has 0 saturated heterocycles. The SMILES string of the molecule is N/C(=N\OCc1cccc(F)c1)c1cccnc1Oc1ccccc1. The lowest BCUT2D eigenvalue weighted by atomic mass is 10.2. The Morgan fingerprint density at radius 3 is 2.68 bits per heavy atom. The molecule has 5 nitrogen and oxygen atoms in total. The van der Waals surface area contributed by atoms with Gasteiger partial charge in [-0.1, -0.05) is 35.5 Å². The molecule has 0 fully saturated rings. The smallest absolute Gasteiger partial charge is 0.230 e. The second kappa shape index (κ2) is 7.92. The average Bonchev–Trinajstić information content (AvgIpc) is 2.63. The van der Waals surface area contributed by atoms with Crippen molar-refractivity contribution in [1.82, 2.24) is 4.98 Å². The first-order valence-corrected chi connectivity index (χ1v) is 7.60. The van der Waals surface area contributed by atoms with Crippen molar-refractivity contribution in [3.8, 4) is 11.6 Å². The van der Waals surface area contributed by atoms with Gasteiger partial charge in [0.05, 0.1) is 5.56 Å². The number of para-hydroxylation sites is 1. The summed E-state index contributed by atoms with van der Waals surface area (Å²) in [6.07, 6.45) is 1.60. The molecule has 1 aromatic heterocycles. The van der Waals surface area contributed by atoms with Crippen LogP contribution in [0.5, 0.6) is 11.6 Å². The second-order valence-corrected chi connectivity index (χ2v) is 5.15. The van der Waals surface area contributed by atoms with E-state index in [2.05, 4.69) is 10.1 Å². The first-order chi connectivity index (χ1) is 12.2. The molecule has 0 amide bonds. The van der Waals surface area contributed by atoms with Gasteiger partial charge in [-0.05, 0) is 42.0 Å². The monoisotopic (exact) mass is 337 g/mol. The largest absolute Gasteiger partial charge is 0.438 e. The number of rotatable bonds is 6. The molecule has 0 bridgehead atoms. The van der Waals surface area contributed by atoms with Crippen molar-refractivity contribution in [2.45, 2.75) is 6.61 Å². The number of halogens is 1. The molecule has 2 aromatic carbocycles. The molecule has 0 aliphatic heterocycles. The minimum atomic E-state index is -0.330. The minimum Gasteiger partial charge on any atom is -0.438 e. The Morgan fingerprint density at radius 2 is 1.88 bits per heavy atom. The second-order valence-electron chi connectivity index (χ2n) is 5.15. The highest BCUT2D eigenvalue weighted by Gasteiger charge is 2.10. The van der Waals surface area contributed by atoms with Crippen LogP contribution in [0.3, 0.4) is 0 Å². The van der Waals surface area contributed by atoms with Crippen LogP contribution in [-0.4, -0.2) is 10.8 Å². The maximum atomic E-state index is 13.1. The Morgan fingerprint density at radius 1 is 1.04 bits per heavy atom. The maximum absolute atomic E-state index is 13.1. The Hall–Kier alpha value is -3.41. The lowest BCUT2D eigenvalue weighted by Gasteiger charge is -2.09. The topological polar surface area (TPSA) is 69.7 Å². The van der Waals surface area contributed by atoms with Crippen LogP contribution in [0.1, 0.15) is 11.1 Å². The summed E-state index contributed by atoms with van der Waals surface area (Å²) in [5.74, 6) is 0.750. The van der Waals surface area contributed by atoms with E-state index in [0.717, 1.165) is 0 Å². The Labute approximate surface area is 144 Å². The number of nitrogens with zero attached hydrogens (tertiary/aromatic N) is 2. The minimum absolute atomic E-state index is 0.105. The Kier molecular flexibility index (Phi) is 5.21. The van der Waals surface area contributed by atoms with E-state index in [4.69, 9.17) is 15.3 Å². The third kappa shape index (κ3) is 4.54. The van der Waals surface area contributed by atoms with E-state index in [1.54, 1.807) is 30.5 Å². The highest BCUT2D eigenvalue weighted by atomic mass is 19.1. The number of aromatic nitrogens is 1. The number of hydrogen-bond donors (Lipinski definition) is 1. The fraction of sp³-hybridized carbons (Fsp3) is 0.0526. The zero-order valence-electron chi connectivity index (χ0n) is 13.3. The third-order valence-corrected chi connectivity index (χ3v) is 3.29. The standard InChI is InChI=1S/C19H16FN3O2/c20-15-7-4-6-14(12-15)13-24-23-18(21)17-10-5-11-22-19(17)25-16-8-2-1-3-9-16/h1-12H,13H2,(H2,21,23). The average molecular weight is 337 g/mol. The van der Waals surface area contributed by atoms with Gasteiger partial charge in [-0.2, -0.15) is 0 Å². The number of hydrogen-bond acceptors (Lipinski definition) is 4. The number of nitrogens with two attached hydrogens (primary N) is 1. The molecule has 3 aromatic rings. The van der Waals surface area contributed by atoms with E-state index in [9.17, 15) is 4.39 Å². The molecule has 0 radical (unpaired) electrons. The van der Waals surface area contributed by atoms with Crippen molar-refractivity contribution >= 4 is 5.84 Å². The van der Waals surface area contributed by atoms with Gasteiger partial charge in [0.15, 0.2) is 5.84 Å². The van der Waals surface area contributed by atoms with E-state index >= 15 is 0 Å². The number of ether oxygens (including phenoxy) is 1. The van der Waals surface area contributed by atoms with E-state index in [-0.39, 0.29) is 18.3 Å². The lowest BCUT2D eigenvalue weighted by molar-refractivity contribution is 0.130. The van der Waals surface area contributed by atoms with Crippen LogP contribution in [0.4, 0.5) is 4.39 Å². The zero-order chi connectivity index (χ0) is 17.5. The molecular weight excluding hydrogens is 321 g/mol. The quantitative estimate of drug-likeness (QED) is 0.421. The number of amidine groups is 1. The van der Waals surface area contributed by atoms with Gasteiger partial charge in [0, 0.05) is 6.20 Å². The molecule has 1 heterocycles. The van der Waals surface area contributed by atoms with Crippen LogP contribution in [0.2, 0.25) is 0 Å². The van der Waals surface area contributed by atoms with Gasteiger partial charge in [0.1, 0.15) is 18.2 Å². The van der Waals surface area contributed by atoms with E-state index in [0.29, 0.717) is 22.8 Å². The van der Waals surface area contributed by atoms with Crippen LogP contribution < -0.4 is 10.5 Å². The molecule has 0 aliphatic rings. The van der Waals surface area contributed by atoms with Gasteiger partial charge in [0.2, 0.25) is 5.88 Å². The van der Waals surface area contributed by atoms with E-state index in [1.165, 1.54) is 12.1 Å². The summed E-state index contributed by atoms with van der Waals surface area (Å²) in [6.45, 7) is 0.105. The maximum Gasteiger partial charge on any atom is 0.230 e. The Balaban J connectivity index is 1.72. The number of oxime groups is 1. The number of benzene rings is 2. The van der Waals surface area contributed by atoms with Gasteiger partial charge < -0.3 is 15.3 Å². The predicted octanol–water partition coefficient (Wildman–Crippen LogP) is 3.85. The molecule has 0 saturated carbocycles. The molecule has 3 rings (SSSR count). The first-order valence-electron chi connectivity index (χ1n) is 7.60. The first kappa shape index (κ1) is 16.4. The van der Waals surface area contributed by atoms with Crippen molar-refractivity contribution < 1.29 is 14.0 Å². The van der Waals surface area contributed by atoms with Gasteiger partial charge in [-0.25, -0.2) is 9.37 Å². The molecule has 126 valence electrons. The van der Waals surface area contributed by atoms with E-state index in [1.807, 2.05) is 30.3 Å². The van der Waals surface area contributed by atoms with Crippen molar-refractivity contribution in [3.05, 3.63) is 89.9 Å². The normalized spacial score (nSPS) is 11.2. The fourth-order valence-electron chi connectivity index (χ4n) is 2.12. The highest BCUT2D eigenvalue weighted by molar-refractivity contribution is 5.99. The fourth-order valence-corrected chi connectivity index (χ4v) is 2.12. The molecule has 6 heteroatoms. The summed E-state index contributed by atoms with van der Waals surface area (Å²) >= 11 is 0. The summed E-state index contributed by atoms with van der Waals surface area (Å²) in [7, 11) is 0. The molecule has 0 unspecified atom stereocenters. The summed E-state index contributed by atoms with van der Waals surface area (Å²) in [5, 5.41) is 3.87. The Bertz CT molecular complexity index is 869. The lowest BCUT2D eigenvalue weighted by Crippen LogP contribution is -2.15. The van der Waals surface area contributed by atoms with Crippen LogP contribution in [-0.2, 0) is 11.4 Å². The zero-order valence-corrected chi connectivity index (χ0v) is 13.3. The van der Waals surface area contributed by atoms with Crippen molar-refractivity contribution in [1.29, 1.82) is 0 Å². The van der Waals surface area contributed by atoms with Gasteiger partial charge in [-0.15, -0.1) is 0 Å². The molecule has 0 spiro atoms. The molecule has 0 atom stereocenters. The van der Waals surface area contributed by atoms with E-state index < -0.39 is 0 Å². The van der Waals surface area contributed by atoms with Crippen molar-refractivity contribution in [2.75, 3.05) is 0 Å². The van der Waals surface area contributed by atoms with Crippen molar-refractivity contribution in [2.24, 2.45) is 10.9 Å². The molecular formula is C19H16FN3O2. The van der Waals surface area contributed by atoms with Gasteiger partial charge in [0.25, 0.3) is 0 Å². The van der Waals surface area contributed by atoms with Crippen LogP contribution in [0.15, 0.2) is 78.1 Å². The number of pyridine rings is 1. The molecule has 0 aliphatic carbocycles. The van der Waals surface area contributed by atoms with Gasteiger partial charge in [-0.3, -0.25) is 0 Å². The van der Waals surface area contributed by atoms with Gasteiger partial charge >= 0.3 is 0 Å². The summed E-state index contributed by atoms with van der Waals surface area (Å²) in [4.78, 5) is 9.39. The van der Waals surface area contributed by atoms with Crippen LogP contribution in [0, 0.1) is 5.82 Å².